The minimum Gasteiger partial charge on any atom is -0.293 e. The van der Waals surface area contributed by atoms with Gasteiger partial charge < -0.3 is 0 Å². The number of aromatic nitrogens is 7. The van der Waals surface area contributed by atoms with E-state index < -0.39 is 10.0 Å². The fourth-order valence-corrected chi connectivity index (χ4v) is 5.67. The maximum Gasteiger partial charge on any atom is 0.329 e. The molecule has 1 aliphatic rings. The second-order valence-electron chi connectivity index (χ2n) is 8.74. The number of pyridine rings is 2. The van der Waals surface area contributed by atoms with Crippen LogP contribution in [-0.4, -0.2) is 65.9 Å². The number of hydrogen-bond acceptors (Lipinski definition) is 7. The first-order valence-corrected chi connectivity index (χ1v) is 12.9. The maximum atomic E-state index is 13.3. The fourth-order valence-electron chi connectivity index (χ4n) is 4.79. The normalized spacial score (nSPS) is 17.0. The Bertz CT molecular complexity index is 1740. The molecule has 5 heterocycles. The Morgan fingerprint density at radius 1 is 1.06 bits per heavy atom. The first-order valence-electron chi connectivity index (χ1n) is 11.1. The average Bonchev–Trinajstić information content (AvgIpc) is 3.60. The Labute approximate surface area is 200 Å². The van der Waals surface area contributed by atoms with Crippen LogP contribution in [0.1, 0.15) is 12.5 Å². The summed E-state index contributed by atoms with van der Waals surface area (Å²) in [7, 11) is -1.61. The molecular weight excluding hydrogens is 468 g/mol. The van der Waals surface area contributed by atoms with Gasteiger partial charge >= 0.3 is 5.69 Å². The lowest BCUT2D eigenvalue weighted by molar-refractivity contribution is 0.454. The summed E-state index contributed by atoms with van der Waals surface area (Å²) in [4.78, 5) is 26.3. The van der Waals surface area contributed by atoms with E-state index in [1.165, 1.54) is 16.9 Å². The van der Waals surface area contributed by atoms with Gasteiger partial charge in [-0.25, -0.2) is 32.2 Å². The van der Waals surface area contributed by atoms with E-state index in [2.05, 4.69) is 20.1 Å². The molecule has 4 aromatic heterocycles. The quantitative estimate of drug-likeness (QED) is 0.376. The van der Waals surface area contributed by atoms with Gasteiger partial charge in [0.05, 0.1) is 35.0 Å². The molecule has 5 aromatic rings. The second-order valence-corrected chi connectivity index (χ2v) is 10.7. The van der Waals surface area contributed by atoms with Crippen molar-refractivity contribution < 1.29 is 8.42 Å². The van der Waals surface area contributed by atoms with Crippen LogP contribution in [0, 0.1) is 0 Å². The van der Waals surface area contributed by atoms with E-state index in [9.17, 15) is 13.2 Å². The zero-order chi connectivity index (χ0) is 24.3. The van der Waals surface area contributed by atoms with Crippen LogP contribution in [-0.2, 0) is 17.1 Å². The highest BCUT2D eigenvalue weighted by Gasteiger charge is 2.32. The average molecular weight is 491 g/mol. The smallest absolute Gasteiger partial charge is 0.293 e. The number of imidazole rings is 1. The van der Waals surface area contributed by atoms with E-state index in [1.54, 1.807) is 39.6 Å². The van der Waals surface area contributed by atoms with Gasteiger partial charge in [0.15, 0.2) is 5.82 Å². The highest BCUT2D eigenvalue weighted by Crippen LogP contribution is 2.32. The lowest BCUT2D eigenvalue weighted by atomic mass is 10.0. The highest BCUT2D eigenvalue weighted by atomic mass is 32.2. The van der Waals surface area contributed by atoms with E-state index in [-0.39, 0.29) is 18.3 Å². The van der Waals surface area contributed by atoms with Crippen LogP contribution in [0.2, 0.25) is 0 Å². The van der Waals surface area contributed by atoms with Crippen LogP contribution in [0.15, 0.2) is 60.2 Å². The number of aryl methyl sites for hydroxylation is 1. The molecule has 0 aliphatic carbocycles. The van der Waals surface area contributed by atoms with Crippen molar-refractivity contribution in [2.75, 3.05) is 19.3 Å². The van der Waals surface area contributed by atoms with Crippen molar-refractivity contribution in [3.8, 4) is 16.9 Å². The molecule has 0 amide bonds. The molecule has 0 N–H and O–H groups in total. The molecule has 12 heteroatoms. The van der Waals surface area contributed by atoms with Gasteiger partial charge in [-0.3, -0.25) is 14.1 Å². The minimum absolute atomic E-state index is 0.182. The molecule has 0 saturated carbocycles. The first-order chi connectivity index (χ1) is 16.8. The zero-order valence-electron chi connectivity index (χ0n) is 19.1. The molecule has 0 bridgehead atoms. The number of fused-ring (bicyclic) bond motifs is 3. The largest absolute Gasteiger partial charge is 0.329 e. The Kier molecular flexibility index (Phi) is 4.83. The molecule has 178 valence electrons. The third kappa shape index (κ3) is 3.53. The van der Waals surface area contributed by atoms with E-state index in [1.807, 2.05) is 30.3 Å². The maximum absolute atomic E-state index is 13.3. The molecule has 1 aromatic carbocycles. The lowest BCUT2D eigenvalue weighted by Gasteiger charge is -2.15. The van der Waals surface area contributed by atoms with Crippen LogP contribution >= 0.6 is 0 Å². The third-order valence-corrected chi connectivity index (χ3v) is 7.88. The van der Waals surface area contributed by atoms with Crippen LogP contribution in [0.5, 0.6) is 0 Å². The van der Waals surface area contributed by atoms with Crippen molar-refractivity contribution in [1.29, 1.82) is 0 Å². The Balaban J connectivity index is 1.49. The topological polar surface area (TPSA) is 121 Å². The highest BCUT2D eigenvalue weighted by molar-refractivity contribution is 7.88. The molecule has 6 rings (SSSR count). The summed E-state index contributed by atoms with van der Waals surface area (Å²) in [6.07, 6.45) is 8.29. The Hall–Kier alpha value is -3.90. The summed E-state index contributed by atoms with van der Waals surface area (Å²) in [6.45, 7) is 0.666. The van der Waals surface area contributed by atoms with Crippen LogP contribution in [0.3, 0.4) is 0 Å². The van der Waals surface area contributed by atoms with Gasteiger partial charge in [0.25, 0.3) is 0 Å². The standard InChI is InChI=1S/C23H22N8O3S/c1-28-20-11-25-19-5-3-15(16-4-6-21(26-10-16)30-14-24-13-27-30)9-18(19)22(20)31(23(28)32)17-7-8-29(12-17)35(2,33)34/h3-6,9-11,13-14,17H,7-8,12H2,1-2H3. The van der Waals surface area contributed by atoms with Gasteiger partial charge in [-0.05, 0) is 36.2 Å². The van der Waals surface area contributed by atoms with Crippen molar-refractivity contribution in [2.24, 2.45) is 7.05 Å². The first kappa shape index (κ1) is 21.6. The summed E-state index contributed by atoms with van der Waals surface area (Å²) in [5.41, 5.74) is 3.87. The van der Waals surface area contributed by atoms with E-state index in [0.29, 0.717) is 24.3 Å². The fraction of sp³-hybridized carbons (Fsp3) is 0.261. The monoisotopic (exact) mass is 490 g/mol. The molecule has 0 radical (unpaired) electrons. The number of benzene rings is 1. The van der Waals surface area contributed by atoms with Gasteiger partial charge in [0.2, 0.25) is 10.0 Å². The van der Waals surface area contributed by atoms with Gasteiger partial charge in [0.1, 0.15) is 12.7 Å². The number of sulfonamides is 1. The van der Waals surface area contributed by atoms with Gasteiger partial charge in [-0.1, -0.05) is 6.07 Å². The Morgan fingerprint density at radius 3 is 2.57 bits per heavy atom. The number of rotatable bonds is 4. The zero-order valence-corrected chi connectivity index (χ0v) is 19.9. The van der Waals surface area contributed by atoms with Crippen LogP contribution < -0.4 is 5.69 Å². The summed E-state index contributed by atoms with van der Waals surface area (Å²) in [5.74, 6) is 0.657. The molecule has 1 unspecified atom stereocenters. The lowest BCUT2D eigenvalue weighted by Crippen LogP contribution is -2.31. The van der Waals surface area contributed by atoms with E-state index >= 15 is 0 Å². The Morgan fingerprint density at radius 2 is 1.89 bits per heavy atom. The summed E-state index contributed by atoms with van der Waals surface area (Å²) < 4.78 is 30.5. The minimum atomic E-state index is -3.33. The molecular formula is C23H22N8O3S. The predicted octanol–water partition coefficient (Wildman–Crippen LogP) is 1.74. The number of hydrogen-bond donors (Lipinski definition) is 0. The van der Waals surface area contributed by atoms with Crippen molar-refractivity contribution >= 4 is 32.0 Å². The van der Waals surface area contributed by atoms with Crippen molar-refractivity contribution in [1.82, 2.24) is 38.2 Å². The number of nitrogens with zero attached hydrogens (tertiary/aromatic N) is 8. The van der Waals surface area contributed by atoms with E-state index in [4.69, 9.17) is 0 Å². The van der Waals surface area contributed by atoms with Gasteiger partial charge in [-0.15, -0.1) is 0 Å². The van der Waals surface area contributed by atoms with Crippen molar-refractivity contribution in [2.45, 2.75) is 12.5 Å². The molecule has 1 aliphatic heterocycles. The van der Waals surface area contributed by atoms with Gasteiger partial charge in [0, 0.05) is 37.3 Å². The summed E-state index contributed by atoms with van der Waals surface area (Å²) in [6, 6.07) is 9.48. The second kappa shape index (κ2) is 7.82. The molecule has 1 fully saturated rings. The molecule has 1 saturated heterocycles. The SMILES string of the molecule is Cn1c(=O)n(C2CCN(S(C)(=O)=O)C2)c2c3cc(-c4ccc(-n5cncn5)nc4)ccc3ncc21. The van der Waals surface area contributed by atoms with Gasteiger partial charge in [-0.2, -0.15) is 5.10 Å². The predicted molar refractivity (Wildman–Crippen MR) is 131 cm³/mol. The molecule has 1 atom stereocenters. The summed E-state index contributed by atoms with van der Waals surface area (Å²) in [5, 5.41) is 4.93. The van der Waals surface area contributed by atoms with Crippen molar-refractivity contribution in [3.05, 3.63) is 65.9 Å². The third-order valence-electron chi connectivity index (χ3n) is 6.61. The molecule has 0 spiro atoms. The van der Waals surface area contributed by atoms with E-state index in [0.717, 1.165) is 27.5 Å². The molecule has 35 heavy (non-hydrogen) atoms. The molecule has 11 nitrogen and oxygen atoms in total. The van der Waals surface area contributed by atoms with Crippen molar-refractivity contribution in [3.63, 3.8) is 0 Å². The van der Waals surface area contributed by atoms with Crippen LogP contribution in [0.4, 0.5) is 0 Å². The van der Waals surface area contributed by atoms with Crippen LogP contribution in [0.25, 0.3) is 38.9 Å². The summed E-state index contributed by atoms with van der Waals surface area (Å²) >= 11 is 0.